The van der Waals surface area contributed by atoms with Crippen molar-refractivity contribution >= 4 is 27.5 Å². The minimum atomic E-state index is -0.731. The SMILES string of the molecule is C=CC1CC2OC1C1C(=O)C(c3ccc(Br)cc3OC)C(=O)C21. The molecule has 5 heteroatoms. The quantitative estimate of drug-likeness (QED) is 0.601. The summed E-state index contributed by atoms with van der Waals surface area (Å²) in [4.78, 5) is 25.9. The minimum absolute atomic E-state index is 0.0179. The molecular weight excluding hydrogens is 360 g/mol. The van der Waals surface area contributed by atoms with Crippen molar-refractivity contribution in [1.82, 2.24) is 0 Å². The van der Waals surface area contributed by atoms with Gasteiger partial charge < -0.3 is 9.47 Å². The minimum Gasteiger partial charge on any atom is -0.496 e. The monoisotopic (exact) mass is 376 g/mol. The number of hydrogen-bond acceptors (Lipinski definition) is 4. The summed E-state index contributed by atoms with van der Waals surface area (Å²) >= 11 is 3.39. The maximum atomic E-state index is 13.0. The smallest absolute Gasteiger partial charge is 0.154 e. The molecular formula is C18H17BrO4. The van der Waals surface area contributed by atoms with Crippen LogP contribution < -0.4 is 4.74 Å². The van der Waals surface area contributed by atoms with Gasteiger partial charge in [-0.05, 0) is 18.6 Å². The molecule has 0 radical (unpaired) electrons. The average molecular weight is 377 g/mol. The van der Waals surface area contributed by atoms with E-state index in [9.17, 15) is 9.59 Å². The van der Waals surface area contributed by atoms with Gasteiger partial charge in [-0.1, -0.05) is 28.1 Å². The molecule has 1 aromatic carbocycles. The Labute approximate surface area is 143 Å². The summed E-state index contributed by atoms with van der Waals surface area (Å²) < 4.78 is 12.1. The van der Waals surface area contributed by atoms with Crippen LogP contribution in [0.4, 0.5) is 0 Å². The highest BCUT2D eigenvalue weighted by Crippen LogP contribution is 2.55. The molecule has 1 saturated carbocycles. The predicted octanol–water partition coefficient (Wildman–Crippen LogP) is 2.90. The summed E-state index contributed by atoms with van der Waals surface area (Å²) in [5.41, 5.74) is 0.662. The lowest BCUT2D eigenvalue weighted by Crippen LogP contribution is -2.34. The molecule has 2 bridgehead atoms. The van der Waals surface area contributed by atoms with Gasteiger partial charge in [-0.3, -0.25) is 9.59 Å². The lowest BCUT2D eigenvalue weighted by molar-refractivity contribution is -0.127. The van der Waals surface area contributed by atoms with E-state index in [1.165, 1.54) is 0 Å². The van der Waals surface area contributed by atoms with Gasteiger partial charge in [-0.25, -0.2) is 0 Å². The molecule has 2 saturated heterocycles. The van der Waals surface area contributed by atoms with E-state index < -0.39 is 5.92 Å². The zero-order valence-corrected chi connectivity index (χ0v) is 14.3. The largest absolute Gasteiger partial charge is 0.496 e. The molecule has 4 rings (SSSR count). The van der Waals surface area contributed by atoms with Crippen LogP contribution in [0.3, 0.4) is 0 Å². The molecule has 6 atom stereocenters. The van der Waals surface area contributed by atoms with Crippen molar-refractivity contribution in [1.29, 1.82) is 0 Å². The first-order chi connectivity index (χ1) is 11.1. The summed E-state index contributed by atoms with van der Waals surface area (Å²) in [5, 5.41) is 0. The fourth-order valence-corrected chi connectivity index (χ4v) is 4.80. The van der Waals surface area contributed by atoms with Gasteiger partial charge in [0.1, 0.15) is 11.7 Å². The molecule has 0 N–H and O–H groups in total. The molecule has 2 aliphatic heterocycles. The summed E-state index contributed by atoms with van der Waals surface area (Å²) in [6.45, 7) is 3.83. The van der Waals surface area contributed by atoms with Crippen molar-refractivity contribution in [2.75, 3.05) is 7.11 Å². The zero-order valence-electron chi connectivity index (χ0n) is 12.7. The number of ether oxygens (including phenoxy) is 2. The third-order valence-electron chi connectivity index (χ3n) is 5.44. The first kappa shape index (κ1) is 15.1. The molecule has 0 amide bonds. The topological polar surface area (TPSA) is 52.6 Å². The summed E-state index contributed by atoms with van der Waals surface area (Å²) in [5.74, 6) is -0.673. The third kappa shape index (κ3) is 1.99. The molecule has 3 aliphatic rings. The molecule has 1 aromatic rings. The Morgan fingerprint density at radius 2 is 2.04 bits per heavy atom. The number of halogens is 1. The van der Waals surface area contributed by atoms with Crippen LogP contribution in [0.1, 0.15) is 17.9 Å². The van der Waals surface area contributed by atoms with Crippen molar-refractivity contribution in [2.24, 2.45) is 17.8 Å². The van der Waals surface area contributed by atoms with Gasteiger partial charge in [0.25, 0.3) is 0 Å². The second-order valence-corrected chi connectivity index (χ2v) is 7.37. The van der Waals surface area contributed by atoms with E-state index in [0.717, 1.165) is 10.9 Å². The number of rotatable bonds is 3. The van der Waals surface area contributed by atoms with E-state index in [1.807, 2.05) is 12.1 Å². The predicted molar refractivity (Wildman–Crippen MR) is 87.4 cm³/mol. The summed E-state index contributed by atoms with van der Waals surface area (Å²) in [6.07, 6.45) is 2.31. The second kappa shape index (κ2) is 5.28. The first-order valence-corrected chi connectivity index (χ1v) is 8.55. The number of hydrogen-bond donors (Lipinski definition) is 0. The normalized spacial score (nSPS) is 38.0. The van der Waals surface area contributed by atoms with Crippen LogP contribution in [-0.2, 0) is 14.3 Å². The Hall–Kier alpha value is -1.46. The lowest BCUT2D eigenvalue weighted by Gasteiger charge is -2.23. The van der Waals surface area contributed by atoms with Gasteiger partial charge in [0.15, 0.2) is 11.6 Å². The standard InChI is InChI=1S/C18H17BrO4/c1-3-8-6-12-14-15(18(8)23-12)17(21)13(16(14)20)10-5-4-9(19)7-11(10)22-2/h3-5,7-8,12-15,18H,1,6H2,2H3. The van der Waals surface area contributed by atoms with Gasteiger partial charge in [0.2, 0.25) is 0 Å². The zero-order chi connectivity index (χ0) is 16.3. The van der Waals surface area contributed by atoms with E-state index in [2.05, 4.69) is 22.5 Å². The van der Waals surface area contributed by atoms with Crippen LogP contribution in [0.5, 0.6) is 5.75 Å². The van der Waals surface area contributed by atoms with Crippen LogP contribution in [-0.4, -0.2) is 30.9 Å². The Balaban J connectivity index is 1.74. The van der Waals surface area contributed by atoms with Crippen LogP contribution in [0.2, 0.25) is 0 Å². The van der Waals surface area contributed by atoms with Gasteiger partial charge in [0, 0.05) is 16.0 Å². The number of carbonyl (C=O) groups is 2. The molecule has 4 nitrogen and oxygen atoms in total. The fraction of sp³-hybridized carbons (Fsp3) is 0.444. The maximum absolute atomic E-state index is 13.0. The number of carbonyl (C=O) groups excluding carboxylic acids is 2. The van der Waals surface area contributed by atoms with E-state index in [1.54, 1.807) is 19.2 Å². The fourth-order valence-electron chi connectivity index (χ4n) is 4.46. The molecule has 1 aliphatic carbocycles. The van der Waals surface area contributed by atoms with Gasteiger partial charge in [0.05, 0.1) is 31.2 Å². The number of ketones is 2. The van der Waals surface area contributed by atoms with E-state index in [-0.39, 0.29) is 41.5 Å². The number of benzene rings is 1. The highest BCUT2D eigenvalue weighted by molar-refractivity contribution is 9.10. The Morgan fingerprint density at radius 3 is 2.74 bits per heavy atom. The third-order valence-corrected chi connectivity index (χ3v) is 5.93. The Kier molecular flexibility index (Phi) is 3.46. The van der Waals surface area contributed by atoms with Gasteiger partial charge in [-0.2, -0.15) is 0 Å². The molecule has 6 unspecified atom stereocenters. The molecule has 0 spiro atoms. The van der Waals surface area contributed by atoms with E-state index in [4.69, 9.17) is 9.47 Å². The number of Topliss-reactive ketones (excluding diaryl/α,β-unsaturated/α-hetero) is 2. The Bertz CT molecular complexity index is 713. The van der Waals surface area contributed by atoms with Crippen LogP contribution in [0, 0.1) is 17.8 Å². The summed E-state index contributed by atoms with van der Waals surface area (Å²) in [6, 6.07) is 5.43. The van der Waals surface area contributed by atoms with Crippen LogP contribution in [0.25, 0.3) is 0 Å². The van der Waals surface area contributed by atoms with Gasteiger partial charge >= 0.3 is 0 Å². The van der Waals surface area contributed by atoms with Crippen LogP contribution >= 0.6 is 15.9 Å². The number of fused-ring (bicyclic) bond motifs is 5. The lowest BCUT2D eigenvalue weighted by atomic mass is 9.75. The van der Waals surface area contributed by atoms with Crippen molar-refractivity contribution in [2.45, 2.75) is 24.5 Å². The summed E-state index contributed by atoms with van der Waals surface area (Å²) in [7, 11) is 1.55. The van der Waals surface area contributed by atoms with E-state index >= 15 is 0 Å². The Morgan fingerprint density at radius 1 is 1.30 bits per heavy atom. The molecule has 23 heavy (non-hydrogen) atoms. The molecule has 2 heterocycles. The highest BCUT2D eigenvalue weighted by Gasteiger charge is 2.65. The highest BCUT2D eigenvalue weighted by atomic mass is 79.9. The van der Waals surface area contributed by atoms with Crippen molar-refractivity contribution in [3.05, 3.63) is 40.9 Å². The van der Waals surface area contributed by atoms with Crippen molar-refractivity contribution in [3.8, 4) is 5.75 Å². The second-order valence-electron chi connectivity index (χ2n) is 6.45. The molecule has 120 valence electrons. The van der Waals surface area contributed by atoms with E-state index in [0.29, 0.717) is 11.3 Å². The van der Waals surface area contributed by atoms with Crippen LogP contribution in [0.15, 0.2) is 35.3 Å². The molecule has 3 fully saturated rings. The maximum Gasteiger partial charge on any atom is 0.154 e. The first-order valence-electron chi connectivity index (χ1n) is 7.75. The average Bonchev–Trinajstić information content (AvgIpc) is 3.19. The van der Waals surface area contributed by atoms with Gasteiger partial charge in [-0.15, -0.1) is 6.58 Å². The van der Waals surface area contributed by atoms with Crippen molar-refractivity contribution < 1.29 is 19.1 Å². The number of methoxy groups -OCH3 is 1. The molecule has 0 aromatic heterocycles. The van der Waals surface area contributed by atoms with Crippen molar-refractivity contribution in [3.63, 3.8) is 0 Å².